The van der Waals surface area contributed by atoms with Gasteiger partial charge in [-0.05, 0) is 125 Å². The first-order valence-electron chi connectivity index (χ1n) is 23.9. The lowest BCUT2D eigenvalue weighted by atomic mass is 9.83. The monoisotopic (exact) mass is 879 g/mol. The SMILES string of the molecule is c1ccc(-c2ccc(-c3nc(-c4ccccc4)nc(-c4cccc(-c5ccc6c(c5)c5ccccc5c5cccc(-c7ccc8c(c7)-c7ccccc7CCC8c7ccccc7)c56)c4)n3)cc2)cc1. The summed E-state index contributed by atoms with van der Waals surface area (Å²) in [6.45, 7) is 0. The van der Waals surface area contributed by atoms with Crippen LogP contribution in [0.4, 0.5) is 0 Å². The lowest BCUT2D eigenvalue weighted by Crippen LogP contribution is -2.02. The van der Waals surface area contributed by atoms with Crippen LogP contribution in [0.1, 0.15) is 29.0 Å². The molecule has 0 saturated heterocycles. The number of aromatic nitrogens is 3. The molecule has 0 fully saturated rings. The molecule has 3 heteroatoms. The van der Waals surface area contributed by atoms with E-state index in [1.807, 2.05) is 24.3 Å². The van der Waals surface area contributed by atoms with E-state index in [9.17, 15) is 0 Å². The molecule has 0 radical (unpaired) electrons. The second-order valence-corrected chi connectivity index (χ2v) is 18.2. The smallest absolute Gasteiger partial charge is 0.164 e. The van der Waals surface area contributed by atoms with Crippen molar-refractivity contribution in [3.05, 3.63) is 259 Å². The average Bonchev–Trinajstić information content (AvgIpc) is 3.60. The molecule has 0 bridgehead atoms. The van der Waals surface area contributed by atoms with Crippen LogP contribution in [0.3, 0.4) is 0 Å². The van der Waals surface area contributed by atoms with Crippen LogP contribution in [-0.4, -0.2) is 15.0 Å². The quantitative estimate of drug-likeness (QED) is 0.150. The molecule has 1 heterocycles. The molecule has 0 saturated carbocycles. The topological polar surface area (TPSA) is 38.7 Å². The van der Waals surface area contributed by atoms with Crippen LogP contribution in [0.2, 0.25) is 0 Å². The van der Waals surface area contributed by atoms with Gasteiger partial charge in [0.15, 0.2) is 17.5 Å². The van der Waals surface area contributed by atoms with Crippen LogP contribution in [0.25, 0.3) is 111 Å². The van der Waals surface area contributed by atoms with Crippen molar-refractivity contribution < 1.29 is 0 Å². The third-order valence-corrected chi connectivity index (χ3v) is 14.2. The van der Waals surface area contributed by atoms with Crippen molar-refractivity contribution in [1.29, 1.82) is 0 Å². The fraction of sp³-hybridized carbons (Fsp3) is 0.0455. The largest absolute Gasteiger partial charge is 0.208 e. The van der Waals surface area contributed by atoms with Crippen molar-refractivity contribution in [3.8, 4) is 78.7 Å². The van der Waals surface area contributed by atoms with Crippen molar-refractivity contribution in [3.63, 3.8) is 0 Å². The second kappa shape index (κ2) is 17.1. The van der Waals surface area contributed by atoms with E-state index in [1.165, 1.54) is 76.8 Å². The molecule has 324 valence electrons. The van der Waals surface area contributed by atoms with Crippen LogP contribution >= 0.6 is 0 Å². The van der Waals surface area contributed by atoms with Crippen molar-refractivity contribution in [2.24, 2.45) is 0 Å². The molecule has 1 aromatic heterocycles. The summed E-state index contributed by atoms with van der Waals surface area (Å²) >= 11 is 0. The Hall–Kier alpha value is -8.79. The van der Waals surface area contributed by atoms with E-state index in [0.29, 0.717) is 23.4 Å². The van der Waals surface area contributed by atoms with E-state index >= 15 is 0 Å². The molecule has 1 aliphatic rings. The summed E-state index contributed by atoms with van der Waals surface area (Å²) in [4.78, 5) is 15.3. The first kappa shape index (κ1) is 40.5. The lowest BCUT2D eigenvalue weighted by Gasteiger charge is -2.20. The molecule has 1 atom stereocenters. The van der Waals surface area contributed by atoms with Crippen LogP contribution in [0.5, 0.6) is 0 Å². The third kappa shape index (κ3) is 7.37. The standard InChI is InChI=1S/C66H45N3/c1-4-16-43(17-5-1)44-30-32-48(33-31-44)65-67-64(47-21-8-3-9-22-47)68-66(69-65)52-24-14-23-49(40-52)50-35-39-60-62(41-50)57-27-13-12-26-56(57)59-29-15-28-55(63(59)60)51-36-38-58-54(45-18-6-2-7-19-45)37-34-46-20-10-11-25-53(46)61(58)42-51/h1-33,35-36,38-42,54H,34,37H2. The van der Waals surface area contributed by atoms with Crippen LogP contribution in [0.15, 0.2) is 243 Å². The Morgan fingerprint density at radius 3 is 1.55 bits per heavy atom. The number of hydrogen-bond acceptors (Lipinski definition) is 3. The molecule has 11 aromatic carbocycles. The summed E-state index contributed by atoms with van der Waals surface area (Å²) in [6.07, 6.45) is 2.13. The average molecular weight is 880 g/mol. The Morgan fingerprint density at radius 1 is 0.290 bits per heavy atom. The summed E-state index contributed by atoms with van der Waals surface area (Å²) < 4.78 is 0. The van der Waals surface area contributed by atoms with E-state index < -0.39 is 0 Å². The molecule has 69 heavy (non-hydrogen) atoms. The van der Waals surface area contributed by atoms with Gasteiger partial charge in [0.2, 0.25) is 0 Å². The zero-order chi connectivity index (χ0) is 45.7. The zero-order valence-corrected chi connectivity index (χ0v) is 37.9. The fourth-order valence-corrected chi connectivity index (χ4v) is 10.8. The highest BCUT2D eigenvalue weighted by Gasteiger charge is 2.25. The second-order valence-electron chi connectivity index (χ2n) is 18.2. The fourth-order valence-electron chi connectivity index (χ4n) is 10.8. The van der Waals surface area contributed by atoms with Crippen molar-refractivity contribution >= 4 is 32.3 Å². The number of fused-ring (bicyclic) bond motifs is 9. The van der Waals surface area contributed by atoms with E-state index in [0.717, 1.165) is 46.2 Å². The Balaban J connectivity index is 0.937. The number of hydrogen-bond donors (Lipinski definition) is 0. The molecular formula is C66H45N3. The van der Waals surface area contributed by atoms with Gasteiger partial charge in [0, 0.05) is 22.6 Å². The molecule has 12 aromatic rings. The maximum absolute atomic E-state index is 5.14. The van der Waals surface area contributed by atoms with Gasteiger partial charge in [-0.3, -0.25) is 0 Å². The molecule has 0 amide bonds. The maximum Gasteiger partial charge on any atom is 0.164 e. The molecular weight excluding hydrogens is 835 g/mol. The number of rotatable bonds is 7. The normalized spacial score (nSPS) is 13.2. The Morgan fingerprint density at radius 2 is 0.783 bits per heavy atom. The highest BCUT2D eigenvalue weighted by atomic mass is 15.0. The van der Waals surface area contributed by atoms with Crippen molar-refractivity contribution in [2.75, 3.05) is 0 Å². The predicted octanol–water partition coefficient (Wildman–Crippen LogP) is 17.1. The lowest BCUT2D eigenvalue weighted by molar-refractivity contribution is 0.726. The number of benzene rings is 11. The zero-order valence-electron chi connectivity index (χ0n) is 37.9. The predicted molar refractivity (Wildman–Crippen MR) is 287 cm³/mol. The van der Waals surface area contributed by atoms with Crippen LogP contribution in [-0.2, 0) is 6.42 Å². The van der Waals surface area contributed by atoms with Gasteiger partial charge in [0.05, 0.1) is 0 Å². The van der Waals surface area contributed by atoms with Gasteiger partial charge in [-0.1, -0.05) is 224 Å². The summed E-state index contributed by atoms with van der Waals surface area (Å²) in [5.41, 5.74) is 16.7. The van der Waals surface area contributed by atoms with Gasteiger partial charge in [-0.2, -0.15) is 0 Å². The molecule has 0 spiro atoms. The summed E-state index contributed by atoms with van der Waals surface area (Å²) in [7, 11) is 0. The minimum Gasteiger partial charge on any atom is -0.208 e. The van der Waals surface area contributed by atoms with E-state index in [-0.39, 0.29) is 0 Å². The van der Waals surface area contributed by atoms with Gasteiger partial charge in [0.25, 0.3) is 0 Å². The van der Waals surface area contributed by atoms with Gasteiger partial charge >= 0.3 is 0 Å². The Kier molecular flexibility index (Phi) is 10.1. The Bertz CT molecular complexity index is 3880. The van der Waals surface area contributed by atoms with Crippen molar-refractivity contribution in [1.82, 2.24) is 15.0 Å². The maximum atomic E-state index is 5.14. The summed E-state index contributed by atoms with van der Waals surface area (Å²) in [5, 5.41) is 7.49. The van der Waals surface area contributed by atoms with E-state index in [4.69, 9.17) is 15.0 Å². The minimum atomic E-state index is 0.326. The molecule has 1 unspecified atom stereocenters. The summed E-state index contributed by atoms with van der Waals surface area (Å²) in [6, 6.07) is 87.8. The van der Waals surface area contributed by atoms with Gasteiger partial charge < -0.3 is 0 Å². The minimum absolute atomic E-state index is 0.326. The molecule has 0 N–H and O–H groups in total. The highest BCUT2D eigenvalue weighted by molar-refractivity contribution is 6.29. The molecule has 0 aliphatic heterocycles. The third-order valence-electron chi connectivity index (χ3n) is 14.2. The highest BCUT2D eigenvalue weighted by Crippen LogP contribution is 2.46. The first-order chi connectivity index (χ1) is 34.2. The van der Waals surface area contributed by atoms with Crippen LogP contribution in [0, 0.1) is 0 Å². The number of nitrogens with zero attached hydrogens (tertiary/aromatic N) is 3. The van der Waals surface area contributed by atoms with Gasteiger partial charge in [-0.25, -0.2) is 15.0 Å². The summed E-state index contributed by atoms with van der Waals surface area (Å²) in [5.74, 6) is 2.24. The van der Waals surface area contributed by atoms with Gasteiger partial charge in [-0.15, -0.1) is 0 Å². The van der Waals surface area contributed by atoms with Crippen molar-refractivity contribution in [2.45, 2.75) is 18.8 Å². The van der Waals surface area contributed by atoms with Gasteiger partial charge in [0.1, 0.15) is 0 Å². The van der Waals surface area contributed by atoms with E-state index in [1.54, 1.807) is 0 Å². The molecule has 13 rings (SSSR count). The number of aryl methyl sites for hydroxylation is 1. The van der Waals surface area contributed by atoms with Crippen LogP contribution < -0.4 is 0 Å². The Labute approximate surface area is 402 Å². The first-order valence-corrected chi connectivity index (χ1v) is 23.9. The molecule has 3 nitrogen and oxygen atoms in total. The van der Waals surface area contributed by atoms with E-state index in [2.05, 4.69) is 218 Å². The molecule has 1 aliphatic carbocycles.